The van der Waals surface area contributed by atoms with Gasteiger partial charge in [-0.15, -0.1) is 0 Å². The van der Waals surface area contributed by atoms with Crippen molar-refractivity contribution in [3.8, 4) is 0 Å². The molecule has 1 heterocycles. The van der Waals surface area contributed by atoms with Gasteiger partial charge in [0.05, 0.1) is 0 Å². The van der Waals surface area contributed by atoms with Gasteiger partial charge in [-0.05, 0) is 37.0 Å². The minimum atomic E-state index is -0.836. The zero-order chi connectivity index (χ0) is 17.2. The molecule has 1 saturated carbocycles. The highest BCUT2D eigenvalue weighted by molar-refractivity contribution is 5.27. The first kappa shape index (κ1) is 18.2. The van der Waals surface area contributed by atoms with Crippen LogP contribution in [-0.4, -0.2) is 22.1 Å². The van der Waals surface area contributed by atoms with Crippen LogP contribution in [-0.2, 0) is 14.7 Å². The third-order valence-electron chi connectivity index (χ3n) is 6.19. The summed E-state index contributed by atoms with van der Waals surface area (Å²) >= 11 is 0. The summed E-state index contributed by atoms with van der Waals surface area (Å²) in [4.78, 5) is 17.0. The van der Waals surface area contributed by atoms with Crippen molar-refractivity contribution in [2.75, 3.05) is 0 Å². The molecule has 1 saturated heterocycles. The molecule has 2 rings (SSSR count). The molecule has 0 aromatic carbocycles. The van der Waals surface area contributed by atoms with E-state index < -0.39 is 16.8 Å². The van der Waals surface area contributed by atoms with Gasteiger partial charge in [-0.1, -0.05) is 55.4 Å². The van der Waals surface area contributed by atoms with E-state index in [0.717, 1.165) is 12.8 Å². The Hall–Kier alpha value is -0.160. The average molecular weight is 314 g/mol. The predicted molar refractivity (Wildman–Crippen MR) is 86.2 cm³/mol. The van der Waals surface area contributed by atoms with Crippen LogP contribution in [0.4, 0.5) is 0 Å². The molecule has 2 aliphatic rings. The first-order valence-corrected chi connectivity index (χ1v) is 8.50. The number of fused-ring (bicyclic) bond motifs is 1. The summed E-state index contributed by atoms with van der Waals surface area (Å²) in [5.74, 6) is 0.563. The van der Waals surface area contributed by atoms with E-state index >= 15 is 0 Å². The lowest BCUT2D eigenvalue weighted by atomic mass is 9.43. The second-order valence-electron chi connectivity index (χ2n) is 9.79. The van der Waals surface area contributed by atoms with E-state index in [1.165, 1.54) is 0 Å². The Kier molecular flexibility index (Phi) is 4.06. The van der Waals surface area contributed by atoms with Gasteiger partial charge in [0.25, 0.3) is 0 Å². The molecule has 22 heavy (non-hydrogen) atoms. The van der Waals surface area contributed by atoms with Crippen molar-refractivity contribution in [2.24, 2.45) is 22.7 Å². The van der Waals surface area contributed by atoms with Crippen LogP contribution in [0.2, 0.25) is 0 Å². The molecular weight excluding hydrogens is 280 g/mol. The van der Waals surface area contributed by atoms with Gasteiger partial charge in [0.1, 0.15) is 11.2 Å². The highest BCUT2D eigenvalue weighted by Gasteiger charge is 2.83. The van der Waals surface area contributed by atoms with Crippen LogP contribution in [0.1, 0.15) is 75.2 Å². The SMILES string of the molecule is CC(C)C1CCC2(C)OOC2(C(C)(C)C)C1(OO)C(C)(C)C. The fourth-order valence-corrected chi connectivity index (χ4v) is 5.47. The molecule has 4 atom stereocenters. The van der Waals surface area contributed by atoms with Crippen LogP contribution < -0.4 is 0 Å². The van der Waals surface area contributed by atoms with E-state index in [9.17, 15) is 5.26 Å². The van der Waals surface area contributed by atoms with Crippen molar-refractivity contribution >= 4 is 0 Å². The molecule has 0 spiro atoms. The molecule has 0 aromatic rings. The zero-order valence-electron chi connectivity index (χ0n) is 15.7. The molecule has 2 fully saturated rings. The van der Waals surface area contributed by atoms with Gasteiger partial charge in [0.2, 0.25) is 0 Å². The number of rotatable bonds is 2. The summed E-state index contributed by atoms with van der Waals surface area (Å²) in [7, 11) is 0. The zero-order valence-corrected chi connectivity index (χ0v) is 15.7. The summed E-state index contributed by atoms with van der Waals surface area (Å²) in [6.45, 7) is 19.3. The fourth-order valence-electron chi connectivity index (χ4n) is 5.47. The Bertz CT molecular complexity index is 433. The maximum atomic E-state index is 10.2. The smallest absolute Gasteiger partial charge is 0.172 e. The van der Waals surface area contributed by atoms with E-state index in [1.807, 2.05) is 0 Å². The van der Waals surface area contributed by atoms with E-state index in [2.05, 4.69) is 62.3 Å². The van der Waals surface area contributed by atoms with Gasteiger partial charge in [-0.25, -0.2) is 14.7 Å². The molecule has 4 heteroatoms. The Morgan fingerprint density at radius 1 is 1.05 bits per heavy atom. The number of hydrogen-bond acceptors (Lipinski definition) is 4. The van der Waals surface area contributed by atoms with E-state index in [-0.39, 0.29) is 16.7 Å². The summed E-state index contributed by atoms with van der Waals surface area (Å²) in [5, 5.41) is 10.2. The van der Waals surface area contributed by atoms with Crippen LogP contribution in [0.3, 0.4) is 0 Å². The Morgan fingerprint density at radius 3 is 1.86 bits per heavy atom. The number of hydrogen-bond donors (Lipinski definition) is 1. The third-order valence-corrected chi connectivity index (χ3v) is 6.19. The van der Waals surface area contributed by atoms with E-state index in [4.69, 9.17) is 14.7 Å². The minimum Gasteiger partial charge on any atom is -0.251 e. The molecule has 0 radical (unpaired) electrons. The van der Waals surface area contributed by atoms with Crippen molar-refractivity contribution in [1.29, 1.82) is 0 Å². The molecule has 4 unspecified atom stereocenters. The molecule has 130 valence electrons. The van der Waals surface area contributed by atoms with E-state index in [0.29, 0.717) is 5.92 Å². The summed E-state index contributed by atoms with van der Waals surface area (Å²) in [6.07, 6.45) is 1.86. The van der Waals surface area contributed by atoms with Crippen molar-refractivity contribution in [3.05, 3.63) is 0 Å². The second-order valence-corrected chi connectivity index (χ2v) is 9.79. The molecule has 1 aliphatic carbocycles. The first-order valence-electron chi connectivity index (χ1n) is 8.50. The van der Waals surface area contributed by atoms with E-state index in [1.54, 1.807) is 0 Å². The topological polar surface area (TPSA) is 47.9 Å². The normalized spacial score (nSPS) is 43.0. The molecule has 1 N–H and O–H groups in total. The van der Waals surface area contributed by atoms with Crippen LogP contribution in [0.5, 0.6) is 0 Å². The fraction of sp³-hybridized carbons (Fsp3) is 1.00. The minimum absolute atomic E-state index is 0.189. The van der Waals surface area contributed by atoms with Gasteiger partial charge in [-0.3, -0.25) is 5.26 Å². The lowest BCUT2D eigenvalue weighted by molar-refractivity contribution is -0.630. The first-order chi connectivity index (χ1) is 9.81. The van der Waals surface area contributed by atoms with Gasteiger partial charge >= 0.3 is 0 Å². The molecule has 1 aliphatic heterocycles. The second kappa shape index (κ2) is 4.92. The maximum Gasteiger partial charge on any atom is 0.172 e. The molecule has 0 aromatic heterocycles. The van der Waals surface area contributed by atoms with Crippen LogP contribution in [0, 0.1) is 22.7 Å². The van der Waals surface area contributed by atoms with Crippen molar-refractivity contribution in [1.82, 2.24) is 0 Å². The quantitative estimate of drug-likeness (QED) is 0.585. The Morgan fingerprint density at radius 2 is 1.59 bits per heavy atom. The maximum absolute atomic E-state index is 10.2. The largest absolute Gasteiger partial charge is 0.251 e. The van der Waals surface area contributed by atoms with Gasteiger partial charge in [0, 0.05) is 5.41 Å². The molecular formula is C18H34O4. The molecule has 0 bridgehead atoms. The Balaban J connectivity index is 2.77. The van der Waals surface area contributed by atoms with Crippen LogP contribution in [0.25, 0.3) is 0 Å². The van der Waals surface area contributed by atoms with Gasteiger partial charge < -0.3 is 0 Å². The highest BCUT2D eigenvalue weighted by atomic mass is 17.3. The monoisotopic (exact) mass is 314 g/mol. The predicted octanol–water partition coefficient (Wildman–Crippen LogP) is 4.83. The highest BCUT2D eigenvalue weighted by Crippen LogP contribution is 2.69. The Labute approximate surface area is 135 Å². The lowest BCUT2D eigenvalue weighted by Crippen LogP contribution is -2.87. The molecule has 0 amide bonds. The van der Waals surface area contributed by atoms with Crippen molar-refractivity contribution in [3.63, 3.8) is 0 Å². The molecule has 4 nitrogen and oxygen atoms in total. The average Bonchev–Trinajstić information content (AvgIpc) is 2.30. The summed E-state index contributed by atoms with van der Waals surface area (Å²) < 4.78 is 0. The standard InChI is InChI=1S/C18H34O4/c1-12(2)13-10-11-16(9)18(22-21-16,15(6,7)8)17(13,20-19)14(3,4)5/h12-13,19H,10-11H2,1-9H3. The third kappa shape index (κ3) is 1.84. The van der Waals surface area contributed by atoms with Gasteiger partial charge in [0.15, 0.2) is 5.60 Å². The van der Waals surface area contributed by atoms with Crippen molar-refractivity contribution in [2.45, 2.75) is 92.0 Å². The van der Waals surface area contributed by atoms with Crippen molar-refractivity contribution < 1.29 is 19.9 Å². The summed E-state index contributed by atoms with van der Waals surface area (Å²) in [6, 6.07) is 0. The van der Waals surface area contributed by atoms with Crippen LogP contribution in [0.15, 0.2) is 0 Å². The van der Waals surface area contributed by atoms with Crippen LogP contribution >= 0.6 is 0 Å². The lowest BCUT2D eigenvalue weighted by Gasteiger charge is -2.73. The summed E-state index contributed by atoms with van der Waals surface area (Å²) in [5.41, 5.74) is -2.55. The van der Waals surface area contributed by atoms with Gasteiger partial charge in [-0.2, -0.15) is 0 Å².